The van der Waals surface area contributed by atoms with Crippen molar-refractivity contribution >= 4 is 0 Å². The normalized spacial score (nSPS) is 14.8. The largest absolute Gasteiger partial charge is 0.385 e. The molecule has 1 aliphatic carbocycles. The number of aliphatic hydroxyl groups excluding tert-OH is 1. The van der Waals surface area contributed by atoms with Gasteiger partial charge in [-0.05, 0) is 44.0 Å². The van der Waals surface area contributed by atoms with Crippen LogP contribution in [0.25, 0.3) is 11.3 Å². The lowest BCUT2D eigenvalue weighted by molar-refractivity contribution is 0.184. The molecule has 3 aromatic rings. The first kappa shape index (κ1) is 15.7. The molecule has 0 aliphatic heterocycles. The van der Waals surface area contributed by atoms with E-state index in [1.807, 2.05) is 41.1 Å². The van der Waals surface area contributed by atoms with E-state index in [1.165, 1.54) is 12.8 Å². The highest BCUT2D eigenvalue weighted by atomic mass is 16.5. The van der Waals surface area contributed by atoms with E-state index in [0.717, 1.165) is 22.6 Å². The SMILES string of the molecule is C[C@H](O)c1nccn1Cc1cc(-c2ccc(C#CC3CC3)cc2)on1. The minimum absolute atomic E-state index is 0.509. The highest BCUT2D eigenvalue weighted by Gasteiger charge is 2.17. The molecule has 1 N–H and O–H groups in total. The van der Waals surface area contributed by atoms with E-state index < -0.39 is 6.10 Å². The van der Waals surface area contributed by atoms with Gasteiger partial charge in [-0.2, -0.15) is 0 Å². The predicted molar refractivity (Wildman–Crippen MR) is 93.5 cm³/mol. The fourth-order valence-corrected chi connectivity index (χ4v) is 2.65. The maximum Gasteiger partial charge on any atom is 0.167 e. The molecule has 5 heteroatoms. The van der Waals surface area contributed by atoms with Crippen molar-refractivity contribution in [2.45, 2.75) is 32.4 Å². The van der Waals surface area contributed by atoms with Crippen LogP contribution in [-0.4, -0.2) is 19.8 Å². The van der Waals surface area contributed by atoms with E-state index in [-0.39, 0.29) is 0 Å². The minimum Gasteiger partial charge on any atom is -0.385 e. The maximum absolute atomic E-state index is 9.72. The summed E-state index contributed by atoms with van der Waals surface area (Å²) in [5, 5.41) is 13.8. The van der Waals surface area contributed by atoms with Crippen LogP contribution in [0.15, 0.2) is 47.2 Å². The zero-order valence-corrected chi connectivity index (χ0v) is 14.0. The summed E-state index contributed by atoms with van der Waals surface area (Å²) < 4.78 is 7.33. The van der Waals surface area contributed by atoms with Crippen molar-refractivity contribution in [1.82, 2.24) is 14.7 Å². The Morgan fingerprint density at radius 3 is 2.84 bits per heavy atom. The average Bonchev–Trinajstić information content (AvgIpc) is 3.13. The number of aliphatic hydroxyl groups is 1. The molecule has 1 aromatic carbocycles. The van der Waals surface area contributed by atoms with Crippen molar-refractivity contribution in [3.8, 4) is 23.2 Å². The minimum atomic E-state index is -0.620. The molecule has 4 rings (SSSR count). The van der Waals surface area contributed by atoms with E-state index in [9.17, 15) is 5.11 Å². The topological polar surface area (TPSA) is 64.1 Å². The molecule has 0 radical (unpaired) electrons. The second kappa shape index (κ2) is 6.58. The monoisotopic (exact) mass is 333 g/mol. The lowest BCUT2D eigenvalue weighted by atomic mass is 10.1. The van der Waals surface area contributed by atoms with E-state index >= 15 is 0 Å². The van der Waals surface area contributed by atoms with Gasteiger partial charge in [-0.15, -0.1) is 0 Å². The predicted octanol–water partition coefficient (Wildman–Crippen LogP) is 3.40. The Kier molecular flexibility index (Phi) is 4.12. The summed E-state index contributed by atoms with van der Waals surface area (Å²) in [7, 11) is 0. The van der Waals surface area contributed by atoms with Crippen molar-refractivity contribution in [3.63, 3.8) is 0 Å². The van der Waals surface area contributed by atoms with Gasteiger partial charge in [0.25, 0.3) is 0 Å². The van der Waals surface area contributed by atoms with Crippen LogP contribution in [-0.2, 0) is 6.54 Å². The summed E-state index contributed by atoms with van der Waals surface area (Å²) in [5.41, 5.74) is 2.78. The van der Waals surface area contributed by atoms with Crippen LogP contribution < -0.4 is 0 Å². The summed E-state index contributed by atoms with van der Waals surface area (Å²) in [5.74, 6) is 8.40. The van der Waals surface area contributed by atoms with E-state index in [4.69, 9.17) is 4.52 Å². The molecule has 1 aliphatic rings. The first-order chi connectivity index (χ1) is 12.2. The highest BCUT2D eigenvalue weighted by Crippen LogP contribution is 2.27. The van der Waals surface area contributed by atoms with Gasteiger partial charge in [0.2, 0.25) is 0 Å². The van der Waals surface area contributed by atoms with Crippen molar-refractivity contribution in [3.05, 3.63) is 59.8 Å². The van der Waals surface area contributed by atoms with Crippen molar-refractivity contribution < 1.29 is 9.63 Å². The van der Waals surface area contributed by atoms with E-state index in [1.54, 1.807) is 13.1 Å². The molecule has 0 bridgehead atoms. The third-order valence-corrected chi connectivity index (χ3v) is 4.18. The van der Waals surface area contributed by atoms with E-state index in [2.05, 4.69) is 22.0 Å². The van der Waals surface area contributed by atoms with Crippen LogP contribution >= 0.6 is 0 Å². The highest BCUT2D eigenvalue weighted by molar-refractivity contribution is 5.59. The number of nitrogens with zero attached hydrogens (tertiary/aromatic N) is 3. The van der Waals surface area contributed by atoms with Gasteiger partial charge < -0.3 is 14.2 Å². The standard InChI is InChI=1S/C20H19N3O2/c1-14(24)20-21-10-11-23(20)13-18-12-19(25-22-18)17-8-6-16(7-9-17)5-4-15-2-3-15/h6-12,14-15,24H,2-3,13H2,1H3/t14-/m0/s1. The quantitative estimate of drug-likeness (QED) is 0.743. The zero-order chi connectivity index (χ0) is 17.2. The van der Waals surface area contributed by atoms with Crippen LogP contribution in [0.3, 0.4) is 0 Å². The van der Waals surface area contributed by atoms with Gasteiger partial charge in [0, 0.05) is 35.5 Å². The molecular weight excluding hydrogens is 314 g/mol. The van der Waals surface area contributed by atoms with Gasteiger partial charge in [-0.25, -0.2) is 4.98 Å². The first-order valence-corrected chi connectivity index (χ1v) is 8.46. The van der Waals surface area contributed by atoms with Crippen LogP contribution in [0.2, 0.25) is 0 Å². The van der Waals surface area contributed by atoms with Crippen molar-refractivity contribution in [2.75, 3.05) is 0 Å². The van der Waals surface area contributed by atoms with Crippen molar-refractivity contribution in [2.24, 2.45) is 5.92 Å². The number of hydrogen-bond acceptors (Lipinski definition) is 4. The number of imidazole rings is 1. The molecule has 1 atom stereocenters. The maximum atomic E-state index is 9.72. The summed E-state index contributed by atoms with van der Waals surface area (Å²) in [6.45, 7) is 2.20. The fraction of sp³-hybridized carbons (Fsp3) is 0.300. The van der Waals surface area contributed by atoms with Gasteiger partial charge >= 0.3 is 0 Å². The molecule has 1 saturated carbocycles. The molecule has 126 valence electrons. The fourth-order valence-electron chi connectivity index (χ4n) is 2.65. The van der Waals surface area contributed by atoms with Crippen LogP contribution in [0, 0.1) is 17.8 Å². The number of benzene rings is 1. The van der Waals surface area contributed by atoms with Crippen LogP contribution in [0.1, 0.15) is 43.0 Å². The molecule has 2 aromatic heterocycles. The Hall–Kier alpha value is -2.84. The van der Waals surface area contributed by atoms with Crippen molar-refractivity contribution in [1.29, 1.82) is 0 Å². The van der Waals surface area contributed by atoms with Gasteiger partial charge in [0.1, 0.15) is 17.6 Å². The molecule has 0 amide bonds. The molecule has 5 nitrogen and oxygen atoms in total. The Balaban J connectivity index is 1.49. The lowest BCUT2D eigenvalue weighted by Gasteiger charge is -2.07. The van der Waals surface area contributed by atoms with Gasteiger partial charge in [-0.1, -0.05) is 17.0 Å². The molecule has 0 saturated heterocycles. The molecule has 2 heterocycles. The Morgan fingerprint density at radius 2 is 2.12 bits per heavy atom. The lowest BCUT2D eigenvalue weighted by Crippen LogP contribution is -2.07. The molecule has 0 unspecified atom stereocenters. The summed E-state index contributed by atoms with van der Waals surface area (Å²) in [4.78, 5) is 4.16. The third-order valence-electron chi connectivity index (χ3n) is 4.18. The average molecular weight is 333 g/mol. The smallest absolute Gasteiger partial charge is 0.167 e. The first-order valence-electron chi connectivity index (χ1n) is 8.46. The molecule has 0 spiro atoms. The third kappa shape index (κ3) is 3.65. The number of rotatable bonds is 4. The molecular formula is C20H19N3O2. The molecule has 25 heavy (non-hydrogen) atoms. The number of aromatic nitrogens is 3. The van der Waals surface area contributed by atoms with Gasteiger partial charge in [-0.3, -0.25) is 0 Å². The van der Waals surface area contributed by atoms with Crippen LogP contribution in [0.5, 0.6) is 0 Å². The van der Waals surface area contributed by atoms with E-state index in [0.29, 0.717) is 18.3 Å². The Labute approximate surface area is 146 Å². The summed E-state index contributed by atoms with van der Waals surface area (Å²) >= 11 is 0. The number of hydrogen-bond donors (Lipinski definition) is 1. The summed E-state index contributed by atoms with van der Waals surface area (Å²) in [6, 6.07) is 9.93. The zero-order valence-electron chi connectivity index (χ0n) is 14.0. The Bertz CT molecular complexity index is 922. The summed E-state index contributed by atoms with van der Waals surface area (Å²) in [6.07, 6.45) is 5.35. The van der Waals surface area contributed by atoms with Gasteiger partial charge in [0.05, 0.1) is 6.54 Å². The van der Waals surface area contributed by atoms with Crippen LogP contribution in [0.4, 0.5) is 0 Å². The van der Waals surface area contributed by atoms with Gasteiger partial charge in [0.15, 0.2) is 5.76 Å². The second-order valence-corrected chi connectivity index (χ2v) is 6.39. The second-order valence-electron chi connectivity index (χ2n) is 6.39. The molecule has 1 fully saturated rings. The Morgan fingerprint density at radius 1 is 1.32 bits per heavy atom.